The second kappa shape index (κ2) is 5.46. The first-order valence-electron chi connectivity index (χ1n) is 6.62. The molecule has 1 atom stereocenters. The maximum atomic E-state index is 12.2. The molecule has 1 aliphatic rings. The molecular formula is C15H21NO. The molecule has 1 aromatic carbocycles. The number of aryl methyl sites for hydroxylation is 2. The average molecular weight is 231 g/mol. The van der Waals surface area contributed by atoms with Crippen molar-refractivity contribution < 1.29 is 4.79 Å². The van der Waals surface area contributed by atoms with Crippen molar-refractivity contribution in [1.29, 1.82) is 0 Å². The number of hydrogen-bond donors (Lipinski definition) is 1. The lowest BCUT2D eigenvalue weighted by atomic mass is 9.87. The minimum Gasteiger partial charge on any atom is -0.330 e. The van der Waals surface area contributed by atoms with Crippen molar-refractivity contribution in [1.82, 2.24) is 0 Å². The molecule has 0 aromatic heterocycles. The number of benzene rings is 1. The summed E-state index contributed by atoms with van der Waals surface area (Å²) in [7, 11) is 0. The Balaban J connectivity index is 2.24. The lowest BCUT2D eigenvalue weighted by Gasteiger charge is -2.17. The molecule has 92 valence electrons. The van der Waals surface area contributed by atoms with Crippen LogP contribution in [0.2, 0.25) is 0 Å². The molecule has 0 heterocycles. The van der Waals surface area contributed by atoms with Crippen molar-refractivity contribution in [2.45, 2.75) is 39.0 Å². The molecule has 17 heavy (non-hydrogen) atoms. The standard InChI is InChI=1S/C15H21NO/c1-2-11(10-16)15(17)14-8-7-12-5-3-4-6-13(12)9-14/h7-9,11H,2-6,10,16H2,1H3. The highest BCUT2D eigenvalue weighted by atomic mass is 16.1. The van der Waals surface area contributed by atoms with E-state index in [2.05, 4.69) is 12.1 Å². The maximum absolute atomic E-state index is 12.2. The summed E-state index contributed by atoms with van der Waals surface area (Å²) in [5.74, 6) is 0.194. The number of carbonyl (C=O) groups excluding carboxylic acids is 1. The van der Waals surface area contributed by atoms with Gasteiger partial charge in [-0.2, -0.15) is 0 Å². The van der Waals surface area contributed by atoms with Crippen molar-refractivity contribution >= 4 is 5.78 Å². The number of nitrogens with two attached hydrogens (primary N) is 1. The minimum atomic E-state index is -0.0170. The Morgan fingerprint density at radius 3 is 2.65 bits per heavy atom. The second-order valence-electron chi connectivity index (χ2n) is 4.90. The first kappa shape index (κ1) is 12.3. The van der Waals surface area contributed by atoms with Crippen molar-refractivity contribution in [3.05, 3.63) is 34.9 Å². The van der Waals surface area contributed by atoms with Gasteiger partial charge < -0.3 is 5.73 Å². The van der Waals surface area contributed by atoms with Crippen LogP contribution in [-0.2, 0) is 12.8 Å². The first-order chi connectivity index (χ1) is 8.26. The molecule has 0 amide bonds. The maximum Gasteiger partial charge on any atom is 0.167 e. The lowest BCUT2D eigenvalue weighted by molar-refractivity contribution is 0.0921. The van der Waals surface area contributed by atoms with Gasteiger partial charge in [-0.05, 0) is 49.3 Å². The van der Waals surface area contributed by atoms with E-state index >= 15 is 0 Å². The third-order valence-electron chi connectivity index (χ3n) is 3.78. The zero-order valence-corrected chi connectivity index (χ0v) is 10.5. The Morgan fingerprint density at radius 1 is 1.29 bits per heavy atom. The minimum absolute atomic E-state index is 0.0170. The molecule has 2 heteroatoms. The van der Waals surface area contributed by atoms with Gasteiger partial charge in [0.2, 0.25) is 0 Å². The lowest BCUT2D eigenvalue weighted by Crippen LogP contribution is -2.23. The number of carbonyl (C=O) groups is 1. The summed E-state index contributed by atoms with van der Waals surface area (Å²) in [6.07, 6.45) is 5.64. The number of rotatable bonds is 4. The van der Waals surface area contributed by atoms with E-state index in [0.29, 0.717) is 6.54 Å². The molecule has 0 radical (unpaired) electrons. The van der Waals surface area contributed by atoms with Crippen LogP contribution in [0, 0.1) is 5.92 Å². The van der Waals surface area contributed by atoms with Crippen LogP contribution < -0.4 is 5.73 Å². The highest BCUT2D eigenvalue weighted by Gasteiger charge is 2.18. The smallest absolute Gasteiger partial charge is 0.167 e. The number of hydrogen-bond acceptors (Lipinski definition) is 2. The predicted octanol–water partition coefficient (Wildman–Crippen LogP) is 2.73. The van der Waals surface area contributed by atoms with Gasteiger partial charge in [-0.15, -0.1) is 0 Å². The summed E-state index contributed by atoms with van der Waals surface area (Å²) in [5.41, 5.74) is 9.28. The third-order valence-corrected chi connectivity index (χ3v) is 3.78. The summed E-state index contributed by atoms with van der Waals surface area (Å²) in [5, 5.41) is 0. The molecule has 1 unspecified atom stereocenters. The van der Waals surface area contributed by atoms with E-state index in [1.807, 2.05) is 13.0 Å². The van der Waals surface area contributed by atoms with Crippen molar-refractivity contribution in [2.24, 2.45) is 11.7 Å². The Bertz CT molecular complexity index is 407. The van der Waals surface area contributed by atoms with Crippen LogP contribution in [0.4, 0.5) is 0 Å². The van der Waals surface area contributed by atoms with Crippen molar-refractivity contribution in [2.75, 3.05) is 6.54 Å². The second-order valence-corrected chi connectivity index (χ2v) is 4.90. The highest BCUT2D eigenvalue weighted by molar-refractivity contribution is 5.98. The Morgan fingerprint density at radius 2 is 2.00 bits per heavy atom. The Labute approximate surface area is 103 Å². The van der Waals surface area contributed by atoms with Crippen LogP contribution in [0.25, 0.3) is 0 Å². The molecule has 2 N–H and O–H groups in total. The van der Waals surface area contributed by atoms with Crippen LogP contribution in [0.15, 0.2) is 18.2 Å². The molecule has 0 saturated heterocycles. The summed E-state index contributed by atoms with van der Waals surface area (Å²) in [4.78, 5) is 12.2. The summed E-state index contributed by atoms with van der Waals surface area (Å²) in [6, 6.07) is 6.20. The molecule has 2 nitrogen and oxygen atoms in total. The third kappa shape index (κ3) is 2.58. The van der Waals surface area contributed by atoms with E-state index in [0.717, 1.165) is 24.8 Å². The van der Waals surface area contributed by atoms with Crippen molar-refractivity contribution in [3.63, 3.8) is 0 Å². The molecule has 0 bridgehead atoms. The summed E-state index contributed by atoms with van der Waals surface area (Å²) >= 11 is 0. The van der Waals surface area contributed by atoms with Gasteiger partial charge >= 0.3 is 0 Å². The average Bonchev–Trinajstić information content (AvgIpc) is 2.39. The zero-order chi connectivity index (χ0) is 12.3. The van der Waals surface area contributed by atoms with Gasteiger partial charge in [0, 0.05) is 18.0 Å². The summed E-state index contributed by atoms with van der Waals surface area (Å²) < 4.78 is 0. The molecule has 0 saturated carbocycles. The summed E-state index contributed by atoms with van der Waals surface area (Å²) in [6.45, 7) is 2.47. The molecule has 1 aliphatic carbocycles. The number of fused-ring (bicyclic) bond motifs is 1. The molecule has 0 aliphatic heterocycles. The zero-order valence-electron chi connectivity index (χ0n) is 10.5. The van der Waals surface area contributed by atoms with E-state index in [4.69, 9.17) is 5.73 Å². The number of Topliss-reactive ketones (excluding diaryl/α,β-unsaturated/α-hetero) is 1. The van der Waals surface area contributed by atoms with E-state index in [9.17, 15) is 4.79 Å². The fraction of sp³-hybridized carbons (Fsp3) is 0.533. The molecule has 0 fully saturated rings. The normalized spacial score (nSPS) is 16.4. The van der Waals surface area contributed by atoms with Gasteiger partial charge in [0.25, 0.3) is 0 Å². The topological polar surface area (TPSA) is 43.1 Å². The molecule has 2 rings (SSSR count). The van der Waals surface area contributed by atoms with Crippen LogP contribution in [0.5, 0.6) is 0 Å². The fourth-order valence-corrected chi connectivity index (χ4v) is 2.58. The Kier molecular flexibility index (Phi) is 3.95. The van der Waals surface area contributed by atoms with Gasteiger partial charge in [-0.3, -0.25) is 4.79 Å². The Hall–Kier alpha value is -1.15. The quantitative estimate of drug-likeness (QED) is 0.810. The van der Waals surface area contributed by atoms with Crippen molar-refractivity contribution in [3.8, 4) is 0 Å². The van der Waals surface area contributed by atoms with Crippen LogP contribution >= 0.6 is 0 Å². The van der Waals surface area contributed by atoms with E-state index in [1.54, 1.807) is 0 Å². The predicted molar refractivity (Wildman–Crippen MR) is 70.2 cm³/mol. The molecule has 1 aromatic rings. The van der Waals surface area contributed by atoms with E-state index < -0.39 is 0 Å². The first-order valence-corrected chi connectivity index (χ1v) is 6.62. The van der Waals surface area contributed by atoms with E-state index in [-0.39, 0.29) is 11.7 Å². The fourth-order valence-electron chi connectivity index (χ4n) is 2.58. The van der Waals surface area contributed by atoms with Gasteiger partial charge in [0.1, 0.15) is 0 Å². The van der Waals surface area contributed by atoms with Crippen LogP contribution in [0.3, 0.4) is 0 Å². The monoisotopic (exact) mass is 231 g/mol. The molecule has 0 spiro atoms. The van der Waals surface area contributed by atoms with Crippen LogP contribution in [-0.4, -0.2) is 12.3 Å². The number of ketones is 1. The molecular weight excluding hydrogens is 210 g/mol. The van der Waals surface area contributed by atoms with Gasteiger partial charge in [-0.25, -0.2) is 0 Å². The van der Waals surface area contributed by atoms with Gasteiger partial charge in [0.15, 0.2) is 5.78 Å². The van der Waals surface area contributed by atoms with E-state index in [1.165, 1.54) is 24.0 Å². The van der Waals surface area contributed by atoms with Gasteiger partial charge in [-0.1, -0.05) is 19.1 Å². The largest absolute Gasteiger partial charge is 0.330 e. The van der Waals surface area contributed by atoms with Gasteiger partial charge in [0.05, 0.1) is 0 Å². The SMILES string of the molecule is CCC(CN)C(=O)c1ccc2c(c1)CCCC2. The van der Waals surface area contributed by atoms with Crippen LogP contribution in [0.1, 0.15) is 47.7 Å². The highest BCUT2D eigenvalue weighted by Crippen LogP contribution is 2.23.